The Kier molecular flexibility index (Phi) is 6.71. The number of carbonyl (C=O) groups excluding carboxylic acids is 1. The average molecular weight is 296 g/mol. The summed E-state index contributed by atoms with van der Waals surface area (Å²) < 4.78 is 1.89. The fourth-order valence-corrected chi connectivity index (χ4v) is 2.09. The Bertz CT molecular complexity index is 485. The molecule has 7 nitrogen and oxygen atoms in total. The molecule has 0 aliphatic heterocycles. The minimum absolute atomic E-state index is 0.425. The van der Waals surface area contributed by atoms with Crippen LogP contribution in [0, 0.1) is 13.8 Å². The van der Waals surface area contributed by atoms with Crippen LogP contribution in [-0.2, 0) is 11.3 Å². The van der Waals surface area contributed by atoms with Crippen molar-refractivity contribution in [1.82, 2.24) is 20.4 Å². The van der Waals surface area contributed by atoms with Gasteiger partial charge < -0.3 is 15.7 Å². The van der Waals surface area contributed by atoms with Crippen LogP contribution in [0.4, 0.5) is 4.79 Å². The summed E-state index contributed by atoms with van der Waals surface area (Å²) in [5.41, 5.74) is 2.06. The van der Waals surface area contributed by atoms with Crippen LogP contribution in [0.1, 0.15) is 37.6 Å². The third-order valence-electron chi connectivity index (χ3n) is 3.12. The third kappa shape index (κ3) is 5.85. The van der Waals surface area contributed by atoms with Gasteiger partial charge in [0.15, 0.2) is 0 Å². The fourth-order valence-electron chi connectivity index (χ4n) is 2.09. The second-order valence-corrected chi connectivity index (χ2v) is 5.08. The zero-order chi connectivity index (χ0) is 15.8. The molecule has 2 amide bonds. The number of nitrogens with one attached hydrogen (secondary N) is 2. The second-order valence-electron chi connectivity index (χ2n) is 5.08. The quantitative estimate of drug-likeness (QED) is 0.632. The van der Waals surface area contributed by atoms with Gasteiger partial charge in [-0.15, -0.1) is 0 Å². The van der Waals surface area contributed by atoms with Gasteiger partial charge in [0.25, 0.3) is 0 Å². The lowest BCUT2D eigenvalue weighted by molar-refractivity contribution is -0.139. The number of carbonyl (C=O) groups is 2. The van der Waals surface area contributed by atoms with Crippen molar-refractivity contribution in [2.75, 3.05) is 6.54 Å². The standard InChI is InChI=1S/C14H24N4O3/c1-4-6-12(13(19)20)16-14(21)15-7-5-8-18-11(3)9-10(2)17-18/h9,12H,4-8H2,1-3H3,(H,19,20)(H2,15,16,21)/t12-/m0/s1. The summed E-state index contributed by atoms with van der Waals surface area (Å²) in [6.07, 6.45) is 1.87. The molecular weight excluding hydrogens is 272 g/mol. The zero-order valence-corrected chi connectivity index (χ0v) is 12.8. The van der Waals surface area contributed by atoms with Crippen LogP contribution < -0.4 is 10.6 Å². The predicted octanol–water partition coefficient (Wildman–Crippen LogP) is 1.44. The highest BCUT2D eigenvalue weighted by Crippen LogP contribution is 2.02. The number of aromatic nitrogens is 2. The molecule has 0 aromatic carbocycles. The molecule has 7 heteroatoms. The molecule has 0 fully saturated rings. The van der Waals surface area contributed by atoms with E-state index < -0.39 is 18.0 Å². The van der Waals surface area contributed by atoms with E-state index in [9.17, 15) is 9.59 Å². The van der Waals surface area contributed by atoms with Gasteiger partial charge in [0.05, 0.1) is 5.69 Å². The minimum atomic E-state index is -1.00. The number of hydrogen-bond acceptors (Lipinski definition) is 3. The van der Waals surface area contributed by atoms with E-state index in [4.69, 9.17) is 5.11 Å². The van der Waals surface area contributed by atoms with E-state index in [0.29, 0.717) is 19.4 Å². The van der Waals surface area contributed by atoms with Gasteiger partial charge in [-0.05, 0) is 32.8 Å². The molecule has 0 bridgehead atoms. The third-order valence-corrected chi connectivity index (χ3v) is 3.12. The molecule has 0 saturated heterocycles. The van der Waals surface area contributed by atoms with E-state index in [1.165, 1.54) is 0 Å². The molecule has 0 aliphatic carbocycles. The van der Waals surface area contributed by atoms with Crippen LogP contribution in [-0.4, -0.2) is 39.5 Å². The number of carboxylic acids is 1. The van der Waals surface area contributed by atoms with Gasteiger partial charge >= 0.3 is 12.0 Å². The molecule has 118 valence electrons. The summed E-state index contributed by atoms with van der Waals surface area (Å²) in [4.78, 5) is 22.5. The first kappa shape index (κ1) is 17.0. The van der Waals surface area contributed by atoms with Crippen molar-refractivity contribution >= 4 is 12.0 Å². The minimum Gasteiger partial charge on any atom is -0.480 e. The summed E-state index contributed by atoms with van der Waals surface area (Å²) in [5, 5.41) is 18.4. The number of amides is 2. The van der Waals surface area contributed by atoms with Gasteiger partial charge in [0.1, 0.15) is 6.04 Å². The van der Waals surface area contributed by atoms with Crippen molar-refractivity contribution in [3.05, 3.63) is 17.5 Å². The molecule has 0 radical (unpaired) electrons. The van der Waals surface area contributed by atoms with Crippen molar-refractivity contribution in [2.45, 2.75) is 52.6 Å². The Balaban J connectivity index is 2.27. The van der Waals surface area contributed by atoms with Gasteiger partial charge in [-0.3, -0.25) is 4.68 Å². The van der Waals surface area contributed by atoms with E-state index in [0.717, 1.165) is 24.4 Å². The summed E-state index contributed by atoms with van der Waals surface area (Å²) in [7, 11) is 0. The van der Waals surface area contributed by atoms with Crippen LogP contribution in [0.25, 0.3) is 0 Å². The van der Waals surface area contributed by atoms with Crippen molar-refractivity contribution in [1.29, 1.82) is 0 Å². The first-order valence-electron chi connectivity index (χ1n) is 7.22. The maximum absolute atomic E-state index is 11.6. The first-order valence-corrected chi connectivity index (χ1v) is 7.22. The lowest BCUT2D eigenvalue weighted by Crippen LogP contribution is -2.46. The molecular formula is C14H24N4O3. The summed E-state index contributed by atoms with van der Waals surface area (Å²) in [6.45, 7) is 7.00. The van der Waals surface area contributed by atoms with E-state index in [-0.39, 0.29) is 0 Å². The van der Waals surface area contributed by atoms with Gasteiger partial charge in [-0.2, -0.15) is 5.10 Å². The zero-order valence-electron chi connectivity index (χ0n) is 12.8. The molecule has 0 aliphatic rings. The number of hydrogen-bond donors (Lipinski definition) is 3. The molecule has 1 aromatic rings. The SMILES string of the molecule is CCC[C@H](NC(=O)NCCCn1nc(C)cc1C)C(=O)O. The monoisotopic (exact) mass is 296 g/mol. The lowest BCUT2D eigenvalue weighted by atomic mass is 10.2. The summed E-state index contributed by atoms with van der Waals surface area (Å²) in [6, 6.07) is 0.734. The average Bonchev–Trinajstić information content (AvgIpc) is 2.72. The Hall–Kier alpha value is -2.05. The molecule has 3 N–H and O–H groups in total. The molecule has 1 atom stereocenters. The molecule has 1 aromatic heterocycles. The van der Waals surface area contributed by atoms with E-state index in [1.807, 2.05) is 31.5 Å². The molecule has 1 heterocycles. The normalized spacial score (nSPS) is 12.0. The van der Waals surface area contributed by atoms with E-state index in [1.54, 1.807) is 0 Å². The van der Waals surface area contributed by atoms with Gasteiger partial charge in [0, 0.05) is 18.8 Å². The Morgan fingerprint density at radius 1 is 1.43 bits per heavy atom. The molecule has 0 spiro atoms. The lowest BCUT2D eigenvalue weighted by Gasteiger charge is -2.14. The highest BCUT2D eigenvalue weighted by Gasteiger charge is 2.18. The van der Waals surface area contributed by atoms with Crippen LogP contribution >= 0.6 is 0 Å². The van der Waals surface area contributed by atoms with Gasteiger partial charge in [-0.25, -0.2) is 9.59 Å². The first-order chi connectivity index (χ1) is 9.93. The van der Waals surface area contributed by atoms with Crippen molar-refractivity contribution < 1.29 is 14.7 Å². The largest absolute Gasteiger partial charge is 0.480 e. The Morgan fingerprint density at radius 3 is 2.67 bits per heavy atom. The second kappa shape index (κ2) is 8.28. The maximum Gasteiger partial charge on any atom is 0.326 e. The Morgan fingerprint density at radius 2 is 2.14 bits per heavy atom. The Labute approximate surface area is 124 Å². The molecule has 0 saturated carbocycles. The fraction of sp³-hybridized carbons (Fsp3) is 0.643. The topological polar surface area (TPSA) is 96.3 Å². The van der Waals surface area contributed by atoms with Crippen LogP contribution in [0.3, 0.4) is 0 Å². The van der Waals surface area contributed by atoms with E-state index in [2.05, 4.69) is 15.7 Å². The number of aliphatic carboxylic acids is 1. The highest BCUT2D eigenvalue weighted by molar-refractivity contribution is 5.82. The molecule has 0 unspecified atom stereocenters. The number of carboxylic acid groups (broad SMARTS) is 1. The predicted molar refractivity (Wildman–Crippen MR) is 79.2 cm³/mol. The van der Waals surface area contributed by atoms with Gasteiger partial charge in [-0.1, -0.05) is 13.3 Å². The number of urea groups is 1. The highest BCUT2D eigenvalue weighted by atomic mass is 16.4. The van der Waals surface area contributed by atoms with Crippen LogP contribution in [0.15, 0.2) is 6.07 Å². The van der Waals surface area contributed by atoms with Crippen molar-refractivity contribution in [2.24, 2.45) is 0 Å². The van der Waals surface area contributed by atoms with E-state index >= 15 is 0 Å². The van der Waals surface area contributed by atoms with Crippen molar-refractivity contribution in [3.8, 4) is 0 Å². The smallest absolute Gasteiger partial charge is 0.326 e. The van der Waals surface area contributed by atoms with Crippen molar-refractivity contribution in [3.63, 3.8) is 0 Å². The maximum atomic E-state index is 11.6. The number of rotatable bonds is 8. The van der Waals surface area contributed by atoms with Gasteiger partial charge in [0.2, 0.25) is 0 Å². The summed E-state index contributed by atoms with van der Waals surface area (Å²) >= 11 is 0. The number of aryl methyl sites for hydroxylation is 3. The molecule has 1 rings (SSSR count). The number of nitrogens with zero attached hydrogens (tertiary/aromatic N) is 2. The van der Waals surface area contributed by atoms with Crippen LogP contribution in [0.2, 0.25) is 0 Å². The molecule has 21 heavy (non-hydrogen) atoms. The van der Waals surface area contributed by atoms with Crippen LogP contribution in [0.5, 0.6) is 0 Å². The summed E-state index contributed by atoms with van der Waals surface area (Å²) in [5.74, 6) is -1.00.